The smallest absolute Gasteiger partial charge is 0.158 e. The number of hydrogen-bond acceptors (Lipinski definition) is 4. The summed E-state index contributed by atoms with van der Waals surface area (Å²) in [5.74, 6) is 0.104. The number of rotatable bonds is 5. The monoisotopic (exact) mass is 244 g/mol. The molecule has 0 aliphatic carbocycles. The molecule has 2 rings (SSSR count). The third-order valence-electron chi connectivity index (χ3n) is 2.66. The average molecular weight is 244 g/mol. The van der Waals surface area contributed by atoms with Gasteiger partial charge in [0, 0.05) is 13.0 Å². The van der Waals surface area contributed by atoms with E-state index in [0.717, 1.165) is 5.56 Å². The Labute approximate surface area is 106 Å². The van der Waals surface area contributed by atoms with E-state index in [0.29, 0.717) is 18.7 Å². The lowest BCUT2D eigenvalue weighted by Crippen LogP contribution is -2.13. The first-order valence-corrected chi connectivity index (χ1v) is 5.83. The largest absolute Gasteiger partial charge is 0.325 e. The van der Waals surface area contributed by atoms with Crippen LogP contribution < -0.4 is 5.73 Å². The Hall–Kier alpha value is -2.01. The molecule has 2 N–H and O–H groups in total. The van der Waals surface area contributed by atoms with Crippen LogP contribution >= 0.6 is 0 Å². The molecule has 0 spiro atoms. The SMILES string of the molecule is Cc1ccc(CC(=O)Cn2cc(CN)nn2)cc1. The Morgan fingerprint density at radius 1 is 1.33 bits per heavy atom. The van der Waals surface area contributed by atoms with Gasteiger partial charge in [-0.05, 0) is 12.5 Å². The van der Waals surface area contributed by atoms with Crippen molar-refractivity contribution in [2.45, 2.75) is 26.4 Å². The first-order valence-electron chi connectivity index (χ1n) is 5.83. The lowest BCUT2D eigenvalue weighted by molar-refractivity contribution is -0.119. The van der Waals surface area contributed by atoms with Gasteiger partial charge in [0.1, 0.15) is 6.54 Å². The van der Waals surface area contributed by atoms with Crippen molar-refractivity contribution in [3.63, 3.8) is 0 Å². The molecule has 0 amide bonds. The summed E-state index contributed by atoms with van der Waals surface area (Å²) in [5.41, 5.74) is 8.33. The van der Waals surface area contributed by atoms with Gasteiger partial charge in [-0.2, -0.15) is 0 Å². The normalized spacial score (nSPS) is 10.6. The van der Waals surface area contributed by atoms with Crippen LogP contribution in [0.2, 0.25) is 0 Å². The molecule has 0 atom stereocenters. The number of aromatic nitrogens is 3. The van der Waals surface area contributed by atoms with Crippen molar-refractivity contribution in [1.82, 2.24) is 15.0 Å². The van der Waals surface area contributed by atoms with Gasteiger partial charge in [0.15, 0.2) is 5.78 Å². The van der Waals surface area contributed by atoms with E-state index in [1.54, 1.807) is 6.20 Å². The van der Waals surface area contributed by atoms with Gasteiger partial charge in [-0.25, -0.2) is 4.68 Å². The van der Waals surface area contributed by atoms with Gasteiger partial charge in [0.05, 0.1) is 11.9 Å². The summed E-state index contributed by atoms with van der Waals surface area (Å²) in [6.45, 7) is 2.60. The third kappa shape index (κ3) is 3.24. The number of aryl methyl sites for hydroxylation is 1. The summed E-state index contributed by atoms with van der Waals surface area (Å²) in [7, 11) is 0. The van der Waals surface area contributed by atoms with Gasteiger partial charge < -0.3 is 5.73 Å². The molecule has 0 saturated carbocycles. The van der Waals surface area contributed by atoms with E-state index < -0.39 is 0 Å². The summed E-state index contributed by atoms with van der Waals surface area (Å²) in [4.78, 5) is 11.8. The van der Waals surface area contributed by atoms with Crippen molar-refractivity contribution in [2.24, 2.45) is 5.73 Å². The third-order valence-corrected chi connectivity index (χ3v) is 2.66. The zero-order valence-corrected chi connectivity index (χ0v) is 10.3. The fourth-order valence-electron chi connectivity index (χ4n) is 1.68. The molecule has 0 bridgehead atoms. The lowest BCUT2D eigenvalue weighted by Gasteiger charge is -2.01. The predicted octanol–water partition coefficient (Wildman–Crippen LogP) is 0.857. The molecule has 18 heavy (non-hydrogen) atoms. The molecule has 0 fully saturated rings. The molecule has 0 radical (unpaired) electrons. The standard InChI is InChI=1S/C13H16N4O/c1-10-2-4-11(5-3-10)6-13(18)9-17-8-12(7-14)15-16-17/h2-5,8H,6-7,9,14H2,1H3. The van der Waals surface area contributed by atoms with E-state index in [9.17, 15) is 4.79 Å². The first kappa shape index (κ1) is 12.4. The minimum atomic E-state index is 0.104. The maximum atomic E-state index is 11.8. The molecule has 0 unspecified atom stereocenters. The maximum absolute atomic E-state index is 11.8. The van der Waals surface area contributed by atoms with Gasteiger partial charge >= 0.3 is 0 Å². The molecule has 2 aromatic rings. The molecule has 94 valence electrons. The van der Waals surface area contributed by atoms with Crippen LogP contribution in [0.25, 0.3) is 0 Å². The Bertz CT molecular complexity index is 530. The summed E-state index contributed by atoms with van der Waals surface area (Å²) in [6.07, 6.45) is 2.12. The van der Waals surface area contributed by atoms with Crippen LogP contribution in [0.3, 0.4) is 0 Å². The molecule has 5 heteroatoms. The predicted molar refractivity (Wildman–Crippen MR) is 67.8 cm³/mol. The van der Waals surface area contributed by atoms with E-state index in [-0.39, 0.29) is 12.3 Å². The minimum Gasteiger partial charge on any atom is -0.325 e. The first-order chi connectivity index (χ1) is 8.67. The minimum absolute atomic E-state index is 0.104. The van der Waals surface area contributed by atoms with Crippen LogP contribution in [-0.2, 0) is 24.3 Å². The number of nitrogens with two attached hydrogens (primary N) is 1. The van der Waals surface area contributed by atoms with Crippen molar-refractivity contribution >= 4 is 5.78 Å². The van der Waals surface area contributed by atoms with Gasteiger partial charge in [-0.3, -0.25) is 4.79 Å². The van der Waals surface area contributed by atoms with Crippen LogP contribution in [0.15, 0.2) is 30.5 Å². The number of Topliss-reactive ketones (excluding diaryl/α,β-unsaturated/α-hetero) is 1. The van der Waals surface area contributed by atoms with Gasteiger partial charge in [-0.15, -0.1) is 5.10 Å². The zero-order valence-electron chi connectivity index (χ0n) is 10.3. The van der Waals surface area contributed by atoms with Crippen LogP contribution in [0.5, 0.6) is 0 Å². The summed E-state index contributed by atoms with van der Waals surface area (Å²) in [6, 6.07) is 7.95. The fourth-order valence-corrected chi connectivity index (χ4v) is 1.68. The number of hydrogen-bond donors (Lipinski definition) is 1. The van der Waals surface area contributed by atoms with Crippen LogP contribution in [0.1, 0.15) is 16.8 Å². The van der Waals surface area contributed by atoms with E-state index in [1.807, 2.05) is 31.2 Å². The molecule has 0 aliphatic rings. The zero-order chi connectivity index (χ0) is 13.0. The summed E-state index contributed by atoms with van der Waals surface area (Å²) >= 11 is 0. The highest BCUT2D eigenvalue weighted by molar-refractivity contribution is 5.80. The van der Waals surface area contributed by atoms with Gasteiger partial charge in [0.25, 0.3) is 0 Å². The number of carbonyl (C=O) groups excluding carboxylic acids is 1. The van der Waals surface area contributed by atoms with Crippen molar-refractivity contribution in [3.8, 4) is 0 Å². The highest BCUT2D eigenvalue weighted by atomic mass is 16.1. The Morgan fingerprint density at radius 2 is 2.06 bits per heavy atom. The molecule has 0 saturated heterocycles. The van der Waals surface area contributed by atoms with E-state index in [4.69, 9.17) is 5.73 Å². The van der Waals surface area contributed by atoms with E-state index >= 15 is 0 Å². The fraction of sp³-hybridized carbons (Fsp3) is 0.308. The van der Waals surface area contributed by atoms with E-state index in [2.05, 4.69) is 10.3 Å². The Morgan fingerprint density at radius 3 is 2.67 bits per heavy atom. The second kappa shape index (κ2) is 5.55. The maximum Gasteiger partial charge on any atom is 0.158 e. The molecular formula is C13H16N4O. The van der Waals surface area contributed by atoms with Crippen molar-refractivity contribution in [3.05, 3.63) is 47.3 Å². The Kier molecular flexibility index (Phi) is 3.84. The number of carbonyl (C=O) groups is 1. The highest BCUT2D eigenvalue weighted by Crippen LogP contribution is 2.05. The molecule has 0 aliphatic heterocycles. The van der Waals surface area contributed by atoms with Crippen molar-refractivity contribution in [2.75, 3.05) is 0 Å². The number of nitrogens with zero attached hydrogens (tertiary/aromatic N) is 3. The quantitative estimate of drug-likeness (QED) is 0.846. The van der Waals surface area contributed by atoms with Crippen LogP contribution in [0, 0.1) is 6.92 Å². The van der Waals surface area contributed by atoms with Gasteiger partial charge in [-0.1, -0.05) is 35.0 Å². The van der Waals surface area contributed by atoms with Crippen molar-refractivity contribution in [1.29, 1.82) is 0 Å². The topological polar surface area (TPSA) is 73.8 Å². The van der Waals surface area contributed by atoms with E-state index in [1.165, 1.54) is 10.2 Å². The number of benzene rings is 1. The number of ketones is 1. The highest BCUT2D eigenvalue weighted by Gasteiger charge is 2.06. The second-order valence-electron chi connectivity index (χ2n) is 4.31. The molecule has 1 heterocycles. The van der Waals surface area contributed by atoms with Crippen LogP contribution in [-0.4, -0.2) is 20.8 Å². The molecule has 5 nitrogen and oxygen atoms in total. The van der Waals surface area contributed by atoms with Crippen LogP contribution in [0.4, 0.5) is 0 Å². The average Bonchev–Trinajstić information content (AvgIpc) is 2.79. The lowest BCUT2D eigenvalue weighted by atomic mass is 10.1. The summed E-state index contributed by atoms with van der Waals surface area (Å²) < 4.78 is 1.53. The Balaban J connectivity index is 1.94. The van der Waals surface area contributed by atoms with Gasteiger partial charge in [0.2, 0.25) is 0 Å². The molecular weight excluding hydrogens is 228 g/mol. The molecule has 1 aromatic carbocycles. The summed E-state index contributed by atoms with van der Waals surface area (Å²) in [5, 5.41) is 7.69. The second-order valence-corrected chi connectivity index (χ2v) is 4.31. The molecule has 1 aromatic heterocycles. The van der Waals surface area contributed by atoms with Crippen molar-refractivity contribution < 1.29 is 4.79 Å².